The first kappa shape index (κ1) is 31.6. The van der Waals surface area contributed by atoms with Crippen molar-refractivity contribution in [2.45, 2.75) is 12.8 Å². The number of rotatable bonds is 4. The summed E-state index contributed by atoms with van der Waals surface area (Å²) in [6.45, 7) is 2.73. The number of hydrogen-bond acceptors (Lipinski definition) is 5. The highest BCUT2D eigenvalue weighted by Crippen LogP contribution is 2.29. The molecule has 0 aromatic heterocycles. The molecule has 45 heavy (non-hydrogen) atoms. The Labute approximate surface area is 267 Å². The minimum atomic E-state index is -0.724. The molecule has 0 amide bonds. The molecule has 0 saturated carbocycles. The Kier molecular flexibility index (Phi) is 11.1. The number of para-hydroxylation sites is 2. The summed E-state index contributed by atoms with van der Waals surface area (Å²) in [7, 11) is 0. The Morgan fingerprint density at radius 1 is 0.622 bits per heavy atom. The molecule has 2 saturated heterocycles. The fourth-order valence-corrected chi connectivity index (χ4v) is 6.34. The van der Waals surface area contributed by atoms with Gasteiger partial charge in [0, 0.05) is 48.4 Å². The molecule has 4 aromatic carbocycles. The van der Waals surface area contributed by atoms with Gasteiger partial charge in [-0.15, -0.1) is 0 Å². The molecule has 9 nitrogen and oxygen atoms in total. The van der Waals surface area contributed by atoms with Crippen molar-refractivity contribution in [1.82, 2.24) is 9.80 Å². The van der Waals surface area contributed by atoms with Crippen LogP contribution in [0.25, 0.3) is 22.3 Å². The van der Waals surface area contributed by atoms with E-state index in [0.29, 0.717) is 62.4 Å². The van der Waals surface area contributed by atoms with Crippen LogP contribution in [-0.4, -0.2) is 74.9 Å². The smallest absolute Gasteiger partial charge is 0.195 e. The summed E-state index contributed by atoms with van der Waals surface area (Å²) in [4.78, 5) is 3.92. The van der Waals surface area contributed by atoms with E-state index in [1.54, 1.807) is 0 Å². The summed E-state index contributed by atoms with van der Waals surface area (Å²) in [6, 6.07) is 36.3. The van der Waals surface area contributed by atoms with E-state index in [1.807, 2.05) is 82.6 Å². The highest BCUT2D eigenvalue weighted by molar-refractivity contribution is 7.91. The van der Waals surface area contributed by atoms with Crippen LogP contribution in [0.2, 0.25) is 0 Å². The molecule has 0 aliphatic carbocycles. The first-order valence-corrected chi connectivity index (χ1v) is 16.6. The third-order valence-corrected chi connectivity index (χ3v) is 9.10. The molecule has 0 spiro atoms. The van der Waals surface area contributed by atoms with Gasteiger partial charge in [0.25, 0.3) is 0 Å². The highest BCUT2D eigenvalue weighted by Gasteiger charge is 2.22. The van der Waals surface area contributed by atoms with Crippen molar-refractivity contribution >= 4 is 40.2 Å². The average Bonchev–Trinajstić information content (AvgIpc) is 3.10. The number of hydrogen-bond donors (Lipinski definition) is 5. The van der Waals surface area contributed by atoms with Gasteiger partial charge < -0.3 is 30.2 Å². The molecular formula is C35H39N7O2S. The van der Waals surface area contributed by atoms with Gasteiger partial charge >= 0.3 is 0 Å². The highest BCUT2D eigenvalue weighted by atomic mass is 32.2. The molecule has 10 heteroatoms. The Morgan fingerprint density at radius 2 is 1.02 bits per heavy atom. The second-order valence-electron chi connectivity index (χ2n) is 10.8. The summed E-state index contributed by atoms with van der Waals surface area (Å²) >= 11 is -0.724. The third kappa shape index (κ3) is 8.65. The van der Waals surface area contributed by atoms with E-state index in [1.165, 1.54) is 0 Å². The van der Waals surface area contributed by atoms with Crippen LogP contribution >= 0.6 is 0 Å². The fraction of sp³-hybridized carbons (Fsp3) is 0.229. The lowest BCUT2D eigenvalue weighted by atomic mass is 10.0. The van der Waals surface area contributed by atoms with Crippen molar-refractivity contribution in [3.8, 4) is 22.3 Å². The van der Waals surface area contributed by atoms with Crippen LogP contribution in [0.3, 0.4) is 0 Å². The van der Waals surface area contributed by atoms with Gasteiger partial charge in [0.2, 0.25) is 0 Å². The van der Waals surface area contributed by atoms with Crippen LogP contribution in [0.4, 0.5) is 11.4 Å². The maximum atomic E-state index is 11.4. The summed E-state index contributed by atoms with van der Waals surface area (Å²) in [5, 5.41) is 35.1. The molecule has 6 rings (SSSR count). The topological polar surface area (TPSA) is 134 Å². The van der Waals surface area contributed by atoms with E-state index in [2.05, 4.69) is 52.2 Å². The first-order chi connectivity index (χ1) is 22.0. The lowest BCUT2D eigenvalue weighted by Gasteiger charge is -2.30. The van der Waals surface area contributed by atoms with E-state index in [-0.39, 0.29) is 0 Å². The summed E-state index contributed by atoms with van der Waals surface area (Å²) in [6.07, 6.45) is 1.39. The molecule has 0 bridgehead atoms. The normalized spacial score (nSPS) is 15.0. The number of nitrogens with zero attached hydrogens (tertiary/aromatic N) is 3. The quantitative estimate of drug-likeness (QED) is 0.0590. The van der Waals surface area contributed by atoms with Crippen LogP contribution in [0.5, 0.6) is 0 Å². The predicted molar refractivity (Wildman–Crippen MR) is 186 cm³/mol. The molecule has 2 aliphatic rings. The minimum Gasteiger partial charge on any atom is -0.616 e. The van der Waals surface area contributed by atoms with Crippen LogP contribution in [0.15, 0.2) is 114 Å². The van der Waals surface area contributed by atoms with Gasteiger partial charge in [0.1, 0.15) is 11.5 Å². The second kappa shape index (κ2) is 15.8. The van der Waals surface area contributed by atoms with Gasteiger partial charge in [-0.05, 0) is 23.3 Å². The lowest BCUT2D eigenvalue weighted by molar-refractivity contribution is 0.309. The number of likely N-dealkylation sites (tertiary alicyclic amines) is 1. The van der Waals surface area contributed by atoms with Crippen molar-refractivity contribution in [2.75, 3.05) is 48.3 Å². The van der Waals surface area contributed by atoms with E-state index in [4.69, 9.17) is 16.0 Å². The summed E-state index contributed by atoms with van der Waals surface area (Å²) < 4.78 is 11.4. The Morgan fingerprint density at radius 3 is 1.47 bits per heavy atom. The predicted octanol–water partition coefficient (Wildman–Crippen LogP) is 6.39. The Hall–Kier alpha value is -4.80. The maximum absolute atomic E-state index is 11.4. The first-order valence-electron chi connectivity index (χ1n) is 15.1. The zero-order valence-electron chi connectivity index (χ0n) is 25.2. The number of guanidine groups is 2. The molecule has 2 aliphatic heterocycles. The zero-order chi connectivity index (χ0) is 31.4. The van der Waals surface area contributed by atoms with E-state index < -0.39 is 11.2 Å². The molecule has 2 heterocycles. The number of nitrogens with one attached hydrogen (secondary N) is 4. The number of anilines is 2. The van der Waals surface area contributed by atoms with Crippen molar-refractivity contribution in [3.05, 3.63) is 109 Å². The van der Waals surface area contributed by atoms with Crippen molar-refractivity contribution in [3.63, 3.8) is 0 Å². The molecule has 2 fully saturated rings. The van der Waals surface area contributed by atoms with Gasteiger partial charge in [-0.1, -0.05) is 113 Å². The van der Waals surface area contributed by atoms with E-state index >= 15 is 0 Å². The molecule has 232 valence electrons. The minimum absolute atomic E-state index is 0.375. The molecule has 5 N–H and O–H groups in total. The zero-order valence-corrected chi connectivity index (χ0v) is 26.0. The van der Waals surface area contributed by atoms with Crippen molar-refractivity contribution < 1.29 is 9.76 Å². The maximum Gasteiger partial charge on any atom is 0.195 e. The van der Waals surface area contributed by atoms with Gasteiger partial charge in [0.15, 0.2) is 11.9 Å². The molecule has 0 atom stereocenters. The molecular weight excluding hydrogens is 582 g/mol. The van der Waals surface area contributed by atoms with Gasteiger partial charge in [-0.3, -0.25) is 10.8 Å². The van der Waals surface area contributed by atoms with Crippen LogP contribution in [0.1, 0.15) is 12.8 Å². The van der Waals surface area contributed by atoms with Crippen LogP contribution < -0.4 is 10.6 Å². The third-order valence-electron chi connectivity index (χ3n) is 7.82. The fourth-order valence-electron chi connectivity index (χ4n) is 5.29. The van der Waals surface area contributed by atoms with E-state index in [9.17, 15) is 4.55 Å². The van der Waals surface area contributed by atoms with Crippen LogP contribution in [0, 0.1) is 10.8 Å². The molecule has 0 radical (unpaired) electrons. The standard InChI is InChI=1S/C18H20N4O.C17H19N3OS/c19-18(22-12-10-15(21-23)11-13-22)20-17-9-5-4-8-16(17)14-6-2-1-3-7-14;18-17(20-10-12-22(21)13-11-20)19-16-9-5-4-8-15(16)14-6-2-1-3-7-14/h1-9,23H,10-13H2,(H2,19,20);1-9H,10-13H2,(H2,18,19). The van der Waals surface area contributed by atoms with Gasteiger partial charge in [-0.2, -0.15) is 0 Å². The summed E-state index contributed by atoms with van der Waals surface area (Å²) in [5.41, 5.74) is 7.05. The van der Waals surface area contributed by atoms with Gasteiger partial charge in [-0.25, -0.2) is 0 Å². The summed E-state index contributed by atoms with van der Waals surface area (Å²) in [5.74, 6) is 2.04. The van der Waals surface area contributed by atoms with Crippen molar-refractivity contribution in [2.24, 2.45) is 5.16 Å². The number of oxime groups is 1. The van der Waals surface area contributed by atoms with E-state index in [0.717, 1.165) is 39.3 Å². The second-order valence-corrected chi connectivity index (χ2v) is 12.5. The largest absolute Gasteiger partial charge is 0.616 e. The average molecular weight is 622 g/mol. The number of piperidine rings is 1. The molecule has 4 aromatic rings. The monoisotopic (exact) mass is 621 g/mol. The Balaban J connectivity index is 0.000000178. The molecule has 0 unspecified atom stereocenters. The van der Waals surface area contributed by atoms with Gasteiger partial charge in [0.05, 0.1) is 18.8 Å². The lowest BCUT2D eigenvalue weighted by Crippen LogP contribution is -2.46. The number of benzene rings is 4. The van der Waals surface area contributed by atoms with Crippen LogP contribution in [-0.2, 0) is 11.2 Å². The SMILES string of the molecule is N=C(Nc1ccccc1-c1ccccc1)N1CCC(=NO)CC1.N=C(Nc1ccccc1-c1ccccc1)N1CC[S+]([O-])CC1. The van der Waals surface area contributed by atoms with Crippen molar-refractivity contribution in [1.29, 1.82) is 10.8 Å². The Bertz CT molecular complexity index is 1580.